The second-order valence-electron chi connectivity index (χ2n) is 2.54. The fourth-order valence-corrected chi connectivity index (χ4v) is 5.03. The van der Waals surface area contributed by atoms with Gasteiger partial charge in [-0.05, 0) is 45.2 Å². The minimum Gasteiger partial charge on any atom is -0.484 e. The third-order valence-electron chi connectivity index (χ3n) is 1.64. The van der Waals surface area contributed by atoms with Gasteiger partial charge in [0.25, 0.3) is 0 Å². The molecule has 6 heteroatoms. The molecule has 1 aromatic heterocycles. The Morgan fingerprint density at radius 1 is 1.38 bits per heavy atom. The number of ether oxygens (including phenoxy) is 2. The Balaban J connectivity index is 2.33. The molecule has 1 unspecified atom stereocenters. The molecule has 0 radical (unpaired) electrons. The van der Waals surface area contributed by atoms with E-state index in [1.54, 1.807) is 11.3 Å². The first-order valence-corrected chi connectivity index (χ1v) is 6.58. The van der Waals surface area contributed by atoms with Gasteiger partial charge >= 0.3 is 0 Å². The van der Waals surface area contributed by atoms with Crippen molar-refractivity contribution in [3.8, 4) is 11.5 Å². The molecule has 1 atom stereocenters. The lowest BCUT2D eigenvalue weighted by Gasteiger charge is -2.23. The third kappa shape index (κ3) is 1.90. The molecule has 0 aliphatic carbocycles. The topological polar surface area (TPSA) is 38.7 Å². The number of aliphatic hydroxyl groups excluding tert-OH is 1. The fraction of sp³-hybridized carbons (Fsp3) is 0.429. The van der Waals surface area contributed by atoms with Gasteiger partial charge < -0.3 is 14.6 Å². The van der Waals surface area contributed by atoms with E-state index in [1.165, 1.54) is 0 Å². The molecule has 0 aromatic carbocycles. The molecule has 0 spiro atoms. The van der Waals surface area contributed by atoms with E-state index in [9.17, 15) is 0 Å². The zero-order valence-electron chi connectivity index (χ0n) is 6.42. The maximum atomic E-state index is 8.91. The molecule has 2 rings (SSSR count). The molecular weight excluding hydrogens is 418 g/mol. The Morgan fingerprint density at radius 3 is 2.77 bits per heavy atom. The van der Waals surface area contributed by atoms with Gasteiger partial charge in [0.1, 0.15) is 12.4 Å². The van der Waals surface area contributed by atoms with E-state index in [2.05, 4.69) is 45.2 Å². The number of aliphatic hydroxyl groups is 1. The van der Waals surface area contributed by atoms with E-state index in [0.717, 1.165) is 17.3 Å². The Morgan fingerprint density at radius 2 is 2.08 bits per heavy atom. The van der Waals surface area contributed by atoms with Crippen molar-refractivity contribution in [2.24, 2.45) is 0 Å². The zero-order valence-corrected chi connectivity index (χ0v) is 11.6. The Bertz CT molecular complexity index is 326. The molecule has 0 amide bonds. The standard InChI is InChI=1S/C7H6I2O3S/c8-6-4-5(7(9)13-6)12-3(1-10)2-11-4/h3,10H,1-2H2. The minimum atomic E-state index is -0.216. The zero-order chi connectivity index (χ0) is 9.42. The minimum absolute atomic E-state index is 0.00193. The largest absolute Gasteiger partial charge is 0.484 e. The summed E-state index contributed by atoms with van der Waals surface area (Å²) >= 11 is 6.09. The first-order chi connectivity index (χ1) is 6.22. The summed E-state index contributed by atoms with van der Waals surface area (Å²) in [6.07, 6.45) is -0.216. The number of thiophene rings is 1. The lowest BCUT2D eigenvalue weighted by Crippen LogP contribution is -2.32. The average Bonchev–Trinajstić information content (AvgIpc) is 2.42. The lowest BCUT2D eigenvalue weighted by atomic mass is 10.3. The van der Waals surface area contributed by atoms with Crippen molar-refractivity contribution < 1.29 is 14.6 Å². The summed E-state index contributed by atoms with van der Waals surface area (Å²) in [5, 5.41) is 8.91. The van der Waals surface area contributed by atoms with E-state index in [4.69, 9.17) is 14.6 Å². The summed E-state index contributed by atoms with van der Waals surface area (Å²) in [6.45, 7) is 0.439. The van der Waals surface area contributed by atoms with E-state index >= 15 is 0 Å². The van der Waals surface area contributed by atoms with E-state index in [-0.39, 0.29) is 12.7 Å². The predicted molar refractivity (Wildman–Crippen MR) is 66.7 cm³/mol. The molecule has 1 aliphatic rings. The van der Waals surface area contributed by atoms with Crippen molar-refractivity contribution >= 4 is 56.5 Å². The van der Waals surface area contributed by atoms with Crippen LogP contribution >= 0.6 is 56.5 Å². The SMILES string of the molecule is OCC1COc2c(I)sc(I)c2O1. The summed E-state index contributed by atoms with van der Waals surface area (Å²) in [7, 11) is 0. The van der Waals surface area contributed by atoms with Crippen LogP contribution < -0.4 is 9.47 Å². The summed E-state index contributed by atoms with van der Waals surface area (Å²) in [4.78, 5) is 0. The molecule has 1 aromatic rings. The number of hydrogen-bond acceptors (Lipinski definition) is 4. The van der Waals surface area contributed by atoms with Gasteiger partial charge in [-0.15, -0.1) is 11.3 Å². The Hall–Kier alpha value is 0.720. The summed E-state index contributed by atoms with van der Waals surface area (Å²) in [5.41, 5.74) is 0. The molecule has 1 aliphatic heterocycles. The second-order valence-corrected chi connectivity index (χ2v) is 7.18. The normalized spacial score (nSPS) is 20.4. The molecular formula is C7H6I2O3S. The molecule has 0 bridgehead atoms. The number of halogens is 2. The van der Waals surface area contributed by atoms with Crippen LogP contribution in [0.4, 0.5) is 0 Å². The van der Waals surface area contributed by atoms with Crippen molar-refractivity contribution in [1.82, 2.24) is 0 Å². The molecule has 2 heterocycles. The second kappa shape index (κ2) is 4.07. The third-order valence-corrected chi connectivity index (χ3v) is 4.67. The van der Waals surface area contributed by atoms with Crippen molar-refractivity contribution in [2.75, 3.05) is 13.2 Å². The number of fused-ring (bicyclic) bond motifs is 1. The Kier molecular flexibility index (Phi) is 3.21. The highest BCUT2D eigenvalue weighted by atomic mass is 127. The molecule has 72 valence electrons. The average molecular weight is 424 g/mol. The van der Waals surface area contributed by atoms with Gasteiger partial charge in [-0.1, -0.05) is 0 Å². The molecule has 0 fully saturated rings. The van der Waals surface area contributed by atoms with Crippen LogP contribution in [-0.2, 0) is 0 Å². The first kappa shape index (κ1) is 10.2. The maximum Gasteiger partial charge on any atom is 0.187 e. The molecule has 0 saturated heterocycles. The number of rotatable bonds is 1. The van der Waals surface area contributed by atoms with Crippen LogP contribution in [0.3, 0.4) is 0 Å². The predicted octanol–water partition coefficient (Wildman–Crippen LogP) is 2.09. The van der Waals surface area contributed by atoms with Crippen LogP contribution in [0.25, 0.3) is 0 Å². The van der Waals surface area contributed by atoms with Crippen molar-refractivity contribution in [2.45, 2.75) is 6.10 Å². The molecule has 1 N–H and O–H groups in total. The summed E-state index contributed by atoms with van der Waals surface area (Å²) in [5.74, 6) is 1.63. The highest BCUT2D eigenvalue weighted by Crippen LogP contribution is 2.45. The van der Waals surface area contributed by atoms with Gasteiger partial charge in [0.15, 0.2) is 17.6 Å². The van der Waals surface area contributed by atoms with E-state index in [0.29, 0.717) is 6.61 Å². The van der Waals surface area contributed by atoms with Gasteiger partial charge in [0, 0.05) is 0 Å². The van der Waals surface area contributed by atoms with Crippen LogP contribution in [0.1, 0.15) is 0 Å². The van der Waals surface area contributed by atoms with Gasteiger partial charge in [-0.3, -0.25) is 0 Å². The lowest BCUT2D eigenvalue weighted by molar-refractivity contribution is 0.0454. The molecule has 3 nitrogen and oxygen atoms in total. The Labute approximate surface area is 107 Å². The molecule has 13 heavy (non-hydrogen) atoms. The van der Waals surface area contributed by atoms with E-state index in [1.807, 2.05) is 0 Å². The van der Waals surface area contributed by atoms with Crippen LogP contribution in [0.2, 0.25) is 0 Å². The summed E-state index contributed by atoms with van der Waals surface area (Å²) < 4.78 is 13.2. The van der Waals surface area contributed by atoms with Crippen molar-refractivity contribution in [3.63, 3.8) is 0 Å². The summed E-state index contributed by atoms with van der Waals surface area (Å²) in [6, 6.07) is 0. The van der Waals surface area contributed by atoms with Gasteiger partial charge in [0.2, 0.25) is 0 Å². The smallest absolute Gasteiger partial charge is 0.187 e. The van der Waals surface area contributed by atoms with Crippen LogP contribution in [-0.4, -0.2) is 24.4 Å². The first-order valence-electron chi connectivity index (χ1n) is 3.60. The highest BCUT2D eigenvalue weighted by Gasteiger charge is 2.26. The monoisotopic (exact) mass is 424 g/mol. The quantitative estimate of drug-likeness (QED) is 0.703. The maximum absolute atomic E-state index is 8.91. The van der Waals surface area contributed by atoms with Gasteiger partial charge in [0.05, 0.1) is 6.61 Å². The van der Waals surface area contributed by atoms with Gasteiger partial charge in [-0.25, -0.2) is 0 Å². The van der Waals surface area contributed by atoms with Crippen LogP contribution in [0.15, 0.2) is 0 Å². The van der Waals surface area contributed by atoms with Gasteiger partial charge in [-0.2, -0.15) is 0 Å². The van der Waals surface area contributed by atoms with Crippen molar-refractivity contribution in [1.29, 1.82) is 0 Å². The fourth-order valence-electron chi connectivity index (χ4n) is 1.04. The van der Waals surface area contributed by atoms with Crippen LogP contribution in [0.5, 0.6) is 11.5 Å². The molecule has 0 saturated carbocycles. The number of hydrogen-bond donors (Lipinski definition) is 1. The van der Waals surface area contributed by atoms with Crippen molar-refractivity contribution in [3.05, 3.63) is 5.77 Å². The van der Waals surface area contributed by atoms with E-state index < -0.39 is 0 Å². The highest BCUT2D eigenvalue weighted by molar-refractivity contribution is 14.1. The van der Waals surface area contributed by atoms with Crippen LogP contribution in [0, 0.1) is 5.77 Å².